The molecule has 4 nitrogen and oxygen atoms in total. The molecule has 0 aliphatic carbocycles. The molecule has 8 rings (SSSR count). The van der Waals surface area contributed by atoms with Gasteiger partial charge in [0.1, 0.15) is 0 Å². The van der Waals surface area contributed by atoms with E-state index in [9.17, 15) is 5.26 Å². The number of hydrogen-bond donors (Lipinski definition) is 0. The Balaban J connectivity index is 1.41. The van der Waals surface area contributed by atoms with Crippen LogP contribution in [0.3, 0.4) is 0 Å². The average Bonchev–Trinajstić information content (AvgIpc) is 3.20. The van der Waals surface area contributed by atoms with E-state index < -0.39 is 0 Å². The fourth-order valence-electron chi connectivity index (χ4n) is 6.75. The summed E-state index contributed by atoms with van der Waals surface area (Å²) < 4.78 is 0. The quantitative estimate of drug-likeness (QED) is 0.171. The molecule has 0 spiro atoms. The molecule has 0 fully saturated rings. The summed E-state index contributed by atoms with van der Waals surface area (Å²) in [6, 6.07) is 56.3. The zero-order chi connectivity index (χ0) is 33.9. The Hall–Kier alpha value is -7.14. The van der Waals surface area contributed by atoms with Gasteiger partial charge in [0, 0.05) is 18.0 Å². The Kier molecular flexibility index (Phi) is 7.95. The lowest BCUT2D eigenvalue weighted by Crippen LogP contribution is -1.97. The van der Waals surface area contributed by atoms with Crippen molar-refractivity contribution in [3.8, 4) is 73.1 Å². The van der Waals surface area contributed by atoms with Crippen LogP contribution in [0.5, 0.6) is 0 Å². The van der Waals surface area contributed by atoms with Crippen LogP contribution in [0.25, 0.3) is 82.6 Å². The van der Waals surface area contributed by atoms with Crippen LogP contribution < -0.4 is 0 Å². The Morgan fingerprint density at radius 2 is 0.860 bits per heavy atom. The van der Waals surface area contributed by atoms with Crippen LogP contribution in [0.15, 0.2) is 170 Å². The van der Waals surface area contributed by atoms with E-state index in [1.807, 2.05) is 12.1 Å². The summed E-state index contributed by atoms with van der Waals surface area (Å²) in [7, 11) is 0. The molecule has 0 saturated heterocycles. The van der Waals surface area contributed by atoms with Crippen molar-refractivity contribution in [3.05, 3.63) is 187 Å². The standard InChI is InChI=1S/C46H28N4/c1-48-38-25-27-50-42(29-38)33-18-22-37(23-19-33)44-40-15-9-8-14-39(40)43(36-20-16-32(17-21-36)41-28-31(30-47)24-26-49-41)45(34-10-4-2-5-11-34)46(44)35-12-6-3-7-13-35/h2-29H. The van der Waals surface area contributed by atoms with Crippen molar-refractivity contribution in [1.82, 2.24) is 9.97 Å². The molecular formula is C46H28N4. The van der Waals surface area contributed by atoms with Gasteiger partial charge in [-0.1, -0.05) is 133 Å². The molecule has 0 saturated carbocycles. The Morgan fingerprint density at radius 3 is 1.34 bits per heavy atom. The summed E-state index contributed by atoms with van der Waals surface area (Å²) in [5.41, 5.74) is 13.6. The van der Waals surface area contributed by atoms with Gasteiger partial charge in [-0.25, -0.2) is 4.85 Å². The summed E-state index contributed by atoms with van der Waals surface area (Å²) in [5, 5.41) is 11.8. The van der Waals surface area contributed by atoms with Gasteiger partial charge in [-0.15, -0.1) is 0 Å². The largest absolute Gasteiger partial charge is 0.259 e. The van der Waals surface area contributed by atoms with Crippen molar-refractivity contribution < 1.29 is 0 Å². The van der Waals surface area contributed by atoms with Crippen molar-refractivity contribution >= 4 is 16.5 Å². The first-order valence-electron chi connectivity index (χ1n) is 16.3. The molecule has 0 unspecified atom stereocenters. The van der Waals surface area contributed by atoms with E-state index in [0.29, 0.717) is 11.3 Å². The van der Waals surface area contributed by atoms with E-state index in [2.05, 4.69) is 154 Å². The van der Waals surface area contributed by atoms with Gasteiger partial charge in [-0.2, -0.15) is 5.26 Å². The minimum absolute atomic E-state index is 0.569. The third kappa shape index (κ3) is 5.58. The molecule has 2 aromatic heterocycles. The third-order valence-electron chi connectivity index (χ3n) is 9.04. The molecule has 0 aliphatic heterocycles. The smallest absolute Gasteiger partial charge is 0.190 e. The molecule has 0 N–H and O–H groups in total. The van der Waals surface area contributed by atoms with Crippen molar-refractivity contribution in [2.24, 2.45) is 0 Å². The topological polar surface area (TPSA) is 53.9 Å². The molecule has 0 radical (unpaired) electrons. The van der Waals surface area contributed by atoms with Crippen LogP contribution in [-0.4, -0.2) is 9.97 Å². The molecule has 4 heteroatoms. The zero-order valence-corrected chi connectivity index (χ0v) is 27.0. The van der Waals surface area contributed by atoms with Crippen LogP contribution >= 0.6 is 0 Å². The lowest BCUT2D eigenvalue weighted by Gasteiger charge is -2.24. The molecule has 0 atom stereocenters. The highest BCUT2D eigenvalue weighted by molar-refractivity contribution is 6.18. The fraction of sp³-hybridized carbons (Fsp3) is 0. The van der Waals surface area contributed by atoms with E-state index in [-0.39, 0.29) is 0 Å². The second-order valence-corrected chi connectivity index (χ2v) is 12.0. The van der Waals surface area contributed by atoms with E-state index in [4.69, 9.17) is 6.57 Å². The minimum atomic E-state index is 0.569. The molecule has 8 aromatic rings. The van der Waals surface area contributed by atoms with Gasteiger partial charge in [0.2, 0.25) is 0 Å². The van der Waals surface area contributed by atoms with E-state index in [1.165, 1.54) is 0 Å². The van der Waals surface area contributed by atoms with E-state index in [0.717, 1.165) is 77.8 Å². The molecule has 0 bridgehead atoms. The number of benzene rings is 6. The van der Waals surface area contributed by atoms with Crippen LogP contribution in [0.4, 0.5) is 5.69 Å². The van der Waals surface area contributed by atoms with Crippen molar-refractivity contribution in [2.75, 3.05) is 0 Å². The van der Waals surface area contributed by atoms with Gasteiger partial charge in [0.15, 0.2) is 5.69 Å². The summed E-state index contributed by atoms with van der Waals surface area (Å²) in [4.78, 5) is 12.7. The highest BCUT2D eigenvalue weighted by Crippen LogP contribution is 2.51. The van der Waals surface area contributed by atoms with Gasteiger partial charge in [-0.05, 0) is 85.1 Å². The lowest BCUT2D eigenvalue weighted by atomic mass is 9.79. The number of nitrogens with zero attached hydrogens (tertiary/aromatic N) is 4. The summed E-state index contributed by atoms with van der Waals surface area (Å²) in [6.45, 7) is 7.45. The number of rotatable bonds is 6. The highest BCUT2D eigenvalue weighted by atomic mass is 14.7. The normalized spacial score (nSPS) is 10.8. The molecule has 0 amide bonds. The average molecular weight is 637 g/mol. The summed E-state index contributed by atoms with van der Waals surface area (Å²) in [6.07, 6.45) is 3.37. The molecule has 50 heavy (non-hydrogen) atoms. The van der Waals surface area contributed by atoms with Gasteiger partial charge in [0.25, 0.3) is 0 Å². The monoisotopic (exact) mass is 636 g/mol. The zero-order valence-electron chi connectivity index (χ0n) is 27.0. The summed E-state index contributed by atoms with van der Waals surface area (Å²) in [5.74, 6) is 0. The molecule has 2 heterocycles. The first-order valence-corrected chi connectivity index (χ1v) is 16.3. The van der Waals surface area contributed by atoms with E-state index >= 15 is 0 Å². The second kappa shape index (κ2) is 13.2. The SMILES string of the molecule is [C-]#[N+]c1ccnc(-c2ccc(-c3c(-c4ccccc4)c(-c4ccccc4)c(-c4ccc(-c5cc(C#N)ccn5)cc4)c4ccccc34)cc2)c1. The van der Waals surface area contributed by atoms with Crippen molar-refractivity contribution in [1.29, 1.82) is 5.26 Å². The number of nitriles is 1. The maximum Gasteiger partial charge on any atom is 0.190 e. The minimum Gasteiger partial charge on any atom is -0.259 e. The maximum absolute atomic E-state index is 9.46. The van der Waals surface area contributed by atoms with Crippen LogP contribution in [0.1, 0.15) is 5.56 Å². The second-order valence-electron chi connectivity index (χ2n) is 12.0. The Morgan fingerprint density at radius 1 is 0.440 bits per heavy atom. The predicted octanol–water partition coefficient (Wildman–Crippen LogP) is 12.1. The molecule has 232 valence electrons. The Bertz CT molecular complexity index is 2390. The highest BCUT2D eigenvalue weighted by Gasteiger charge is 2.24. The fourth-order valence-corrected chi connectivity index (χ4v) is 6.75. The number of fused-ring (bicyclic) bond motifs is 1. The summed E-state index contributed by atoms with van der Waals surface area (Å²) >= 11 is 0. The number of pyridine rings is 2. The lowest BCUT2D eigenvalue weighted by molar-refractivity contribution is 1.31. The van der Waals surface area contributed by atoms with E-state index in [1.54, 1.807) is 24.5 Å². The van der Waals surface area contributed by atoms with Crippen LogP contribution in [-0.2, 0) is 0 Å². The molecule has 0 aliphatic rings. The van der Waals surface area contributed by atoms with Gasteiger partial charge in [0.05, 0.1) is 29.6 Å². The Labute approximate surface area is 291 Å². The van der Waals surface area contributed by atoms with Gasteiger partial charge in [-0.3, -0.25) is 9.97 Å². The van der Waals surface area contributed by atoms with Crippen molar-refractivity contribution in [3.63, 3.8) is 0 Å². The number of hydrogen-bond acceptors (Lipinski definition) is 3. The van der Waals surface area contributed by atoms with Crippen LogP contribution in [0, 0.1) is 17.9 Å². The first-order chi connectivity index (χ1) is 24.7. The first kappa shape index (κ1) is 30.2. The van der Waals surface area contributed by atoms with Crippen molar-refractivity contribution in [2.45, 2.75) is 0 Å². The van der Waals surface area contributed by atoms with Crippen LogP contribution in [0.2, 0.25) is 0 Å². The number of aromatic nitrogens is 2. The van der Waals surface area contributed by atoms with Gasteiger partial charge >= 0.3 is 0 Å². The molecule has 6 aromatic carbocycles. The van der Waals surface area contributed by atoms with Gasteiger partial charge < -0.3 is 0 Å². The maximum atomic E-state index is 9.46. The predicted molar refractivity (Wildman–Crippen MR) is 203 cm³/mol. The molecular weight excluding hydrogens is 609 g/mol. The third-order valence-corrected chi connectivity index (χ3v) is 9.04.